The highest BCUT2D eigenvalue weighted by atomic mass is 16.2. The van der Waals surface area contributed by atoms with Gasteiger partial charge in [0.25, 0.3) is 0 Å². The van der Waals surface area contributed by atoms with Gasteiger partial charge in [0, 0.05) is 25.2 Å². The summed E-state index contributed by atoms with van der Waals surface area (Å²) in [5.41, 5.74) is 2.42. The summed E-state index contributed by atoms with van der Waals surface area (Å²) in [4.78, 5) is 14.9. The molecule has 114 valence electrons. The lowest BCUT2D eigenvalue weighted by molar-refractivity contribution is -0.123. The molecular formula is C17H25N3O. The van der Waals surface area contributed by atoms with Gasteiger partial charge in [-0.15, -0.1) is 0 Å². The summed E-state index contributed by atoms with van der Waals surface area (Å²) in [7, 11) is 2.16. The van der Waals surface area contributed by atoms with Crippen LogP contribution in [0.2, 0.25) is 0 Å². The number of benzene rings is 1. The Hall–Kier alpha value is -1.39. The number of rotatable bonds is 5. The molecule has 1 aromatic rings. The van der Waals surface area contributed by atoms with Gasteiger partial charge in [-0.3, -0.25) is 9.69 Å². The van der Waals surface area contributed by atoms with Crippen LogP contribution >= 0.6 is 0 Å². The van der Waals surface area contributed by atoms with Gasteiger partial charge in [0.05, 0.1) is 0 Å². The molecule has 2 unspecified atom stereocenters. The van der Waals surface area contributed by atoms with Gasteiger partial charge in [0.1, 0.15) is 6.04 Å². The van der Waals surface area contributed by atoms with Gasteiger partial charge in [-0.05, 0) is 44.4 Å². The fourth-order valence-corrected chi connectivity index (χ4v) is 3.07. The minimum Gasteiger partial charge on any atom is -0.353 e. The summed E-state index contributed by atoms with van der Waals surface area (Å²) in [6.45, 7) is 3.76. The van der Waals surface area contributed by atoms with Crippen molar-refractivity contribution in [2.45, 2.75) is 44.3 Å². The largest absolute Gasteiger partial charge is 0.353 e. The van der Waals surface area contributed by atoms with Gasteiger partial charge >= 0.3 is 0 Å². The first kappa shape index (κ1) is 14.5. The minimum absolute atomic E-state index is 0.0956. The van der Waals surface area contributed by atoms with Crippen molar-refractivity contribution >= 4 is 5.91 Å². The normalized spacial score (nSPS) is 22.7. The summed E-state index contributed by atoms with van der Waals surface area (Å²) >= 11 is 0. The summed E-state index contributed by atoms with van der Waals surface area (Å²) in [5.74, 6) is 0.0956. The average Bonchev–Trinajstić information content (AvgIpc) is 3.35. The van der Waals surface area contributed by atoms with Crippen molar-refractivity contribution in [1.29, 1.82) is 0 Å². The zero-order valence-electron chi connectivity index (χ0n) is 12.9. The van der Waals surface area contributed by atoms with Crippen LogP contribution in [0.4, 0.5) is 0 Å². The van der Waals surface area contributed by atoms with E-state index in [0.717, 1.165) is 24.6 Å². The summed E-state index contributed by atoms with van der Waals surface area (Å²) in [5, 5.41) is 6.45. The molecule has 0 aromatic heterocycles. The van der Waals surface area contributed by atoms with E-state index in [9.17, 15) is 4.79 Å². The Labute approximate surface area is 126 Å². The van der Waals surface area contributed by atoms with Gasteiger partial charge in [-0.2, -0.15) is 0 Å². The van der Waals surface area contributed by atoms with E-state index in [-0.39, 0.29) is 11.9 Å². The number of hydrogen-bond acceptors (Lipinski definition) is 3. The van der Waals surface area contributed by atoms with Crippen LogP contribution in [-0.2, 0) is 11.2 Å². The molecule has 4 nitrogen and oxygen atoms in total. The Morgan fingerprint density at radius 3 is 2.95 bits per heavy atom. The van der Waals surface area contributed by atoms with Crippen molar-refractivity contribution in [3.8, 4) is 0 Å². The van der Waals surface area contributed by atoms with E-state index in [4.69, 9.17) is 0 Å². The summed E-state index contributed by atoms with van der Waals surface area (Å²) in [6, 6.07) is 9.16. The predicted octanol–water partition coefficient (Wildman–Crippen LogP) is 1.47. The van der Waals surface area contributed by atoms with Crippen molar-refractivity contribution < 1.29 is 4.79 Å². The zero-order chi connectivity index (χ0) is 14.8. The molecule has 1 amide bonds. The first-order chi connectivity index (χ1) is 10.2. The molecular weight excluding hydrogens is 262 g/mol. The quantitative estimate of drug-likeness (QED) is 0.862. The van der Waals surface area contributed by atoms with Crippen molar-refractivity contribution in [2.75, 3.05) is 20.1 Å². The lowest BCUT2D eigenvalue weighted by Gasteiger charge is -2.28. The Morgan fingerprint density at radius 1 is 1.43 bits per heavy atom. The van der Waals surface area contributed by atoms with E-state index in [1.165, 1.54) is 18.4 Å². The second-order valence-corrected chi connectivity index (χ2v) is 6.33. The minimum atomic E-state index is -0.201. The van der Waals surface area contributed by atoms with Crippen LogP contribution in [-0.4, -0.2) is 43.0 Å². The number of fused-ring (bicyclic) bond motifs is 1. The number of carbonyl (C=O) groups is 1. The van der Waals surface area contributed by atoms with E-state index in [1.807, 2.05) is 12.1 Å². The van der Waals surface area contributed by atoms with Crippen LogP contribution in [0.25, 0.3) is 0 Å². The second-order valence-electron chi connectivity index (χ2n) is 6.33. The zero-order valence-corrected chi connectivity index (χ0v) is 12.9. The maximum atomic E-state index is 12.5. The SMILES string of the molecule is CC(CNC(=O)C1NCCc2ccccc21)N(C)C1CC1. The van der Waals surface area contributed by atoms with Crippen molar-refractivity contribution in [2.24, 2.45) is 0 Å². The summed E-state index contributed by atoms with van der Waals surface area (Å²) in [6.07, 6.45) is 3.60. The number of amides is 1. The maximum absolute atomic E-state index is 12.5. The molecule has 4 heteroatoms. The molecule has 1 saturated carbocycles. The summed E-state index contributed by atoms with van der Waals surface area (Å²) < 4.78 is 0. The highest BCUT2D eigenvalue weighted by Gasteiger charge is 2.30. The maximum Gasteiger partial charge on any atom is 0.241 e. The van der Waals surface area contributed by atoms with Gasteiger partial charge in [-0.1, -0.05) is 24.3 Å². The lowest BCUT2D eigenvalue weighted by atomic mass is 9.94. The highest BCUT2D eigenvalue weighted by molar-refractivity contribution is 5.84. The fraction of sp³-hybridized carbons (Fsp3) is 0.588. The molecule has 0 radical (unpaired) electrons. The molecule has 1 aliphatic heterocycles. The Bertz CT molecular complexity index is 513. The van der Waals surface area contributed by atoms with Crippen LogP contribution in [0.3, 0.4) is 0 Å². The van der Waals surface area contributed by atoms with Crippen LogP contribution in [0.15, 0.2) is 24.3 Å². The van der Waals surface area contributed by atoms with E-state index >= 15 is 0 Å². The highest BCUT2D eigenvalue weighted by Crippen LogP contribution is 2.27. The van der Waals surface area contributed by atoms with Crippen molar-refractivity contribution in [3.63, 3.8) is 0 Å². The van der Waals surface area contributed by atoms with E-state index in [2.05, 4.69) is 41.6 Å². The molecule has 1 aromatic carbocycles. The molecule has 1 aliphatic carbocycles. The van der Waals surface area contributed by atoms with Crippen LogP contribution in [0.5, 0.6) is 0 Å². The van der Waals surface area contributed by atoms with Crippen LogP contribution in [0, 0.1) is 0 Å². The number of likely N-dealkylation sites (N-methyl/N-ethyl adjacent to an activating group) is 1. The molecule has 2 aliphatic rings. The number of hydrogen-bond donors (Lipinski definition) is 2. The Kier molecular flexibility index (Phi) is 4.27. The third kappa shape index (κ3) is 3.27. The smallest absolute Gasteiger partial charge is 0.241 e. The van der Waals surface area contributed by atoms with E-state index in [0.29, 0.717) is 12.6 Å². The van der Waals surface area contributed by atoms with Crippen molar-refractivity contribution in [1.82, 2.24) is 15.5 Å². The third-order valence-corrected chi connectivity index (χ3v) is 4.76. The standard InChI is InChI=1S/C17H25N3O/c1-12(20(2)14-7-8-14)11-19-17(21)16-15-6-4-3-5-13(15)9-10-18-16/h3-6,12,14,16,18H,7-11H2,1-2H3,(H,19,21). The molecule has 1 heterocycles. The van der Waals surface area contributed by atoms with Crippen LogP contribution < -0.4 is 10.6 Å². The van der Waals surface area contributed by atoms with Gasteiger partial charge in [0.2, 0.25) is 5.91 Å². The molecule has 21 heavy (non-hydrogen) atoms. The number of carbonyl (C=O) groups excluding carboxylic acids is 1. The van der Waals surface area contributed by atoms with E-state index in [1.54, 1.807) is 0 Å². The number of nitrogens with zero attached hydrogens (tertiary/aromatic N) is 1. The molecule has 0 saturated heterocycles. The Balaban J connectivity index is 1.58. The third-order valence-electron chi connectivity index (χ3n) is 4.76. The molecule has 0 bridgehead atoms. The average molecular weight is 287 g/mol. The molecule has 3 rings (SSSR count). The topological polar surface area (TPSA) is 44.4 Å². The van der Waals surface area contributed by atoms with Gasteiger partial charge < -0.3 is 10.6 Å². The lowest BCUT2D eigenvalue weighted by Crippen LogP contribution is -2.46. The van der Waals surface area contributed by atoms with E-state index < -0.39 is 0 Å². The number of nitrogens with one attached hydrogen (secondary N) is 2. The first-order valence-corrected chi connectivity index (χ1v) is 7.97. The predicted molar refractivity (Wildman–Crippen MR) is 84.1 cm³/mol. The first-order valence-electron chi connectivity index (χ1n) is 7.97. The Morgan fingerprint density at radius 2 is 2.19 bits per heavy atom. The fourth-order valence-electron chi connectivity index (χ4n) is 3.07. The second kappa shape index (κ2) is 6.16. The van der Waals surface area contributed by atoms with Crippen molar-refractivity contribution in [3.05, 3.63) is 35.4 Å². The van der Waals surface area contributed by atoms with Gasteiger partial charge in [0.15, 0.2) is 0 Å². The van der Waals surface area contributed by atoms with Gasteiger partial charge in [-0.25, -0.2) is 0 Å². The monoisotopic (exact) mass is 287 g/mol. The molecule has 1 fully saturated rings. The molecule has 0 spiro atoms. The molecule has 2 N–H and O–H groups in total. The molecule has 2 atom stereocenters. The van der Waals surface area contributed by atoms with Crippen LogP contribution in [0.1, 0.15) is 36.9 Å².